The molecule has 0 saturated carbocycles. The molecule has 3 heteroatoms. The molecule has 2 nitrogen and oxygen atoms in total. The molecule has 100 valence electrons. The highest BCUT2D eigenvalue weighted by atomic mass is 32.1. The van der Waals surface area contributed by atoms with E-state index in [9.17, 15) is 0 Å². The zero-order chi connectivity index (χ0) is 13.5. The average molecular weight is 280 g/mol. The van der Waals surface area contributed by atoms with Crippen molar-refractivity contribution >= 4 is 22.1 Å². The summed E-state index contributed by atoms with van der Waals surface area (Å²) in [4.78, 5) is 4.76. The van der Waals surface area contributed by atoms with Gasteiger partial charge in [-0.15, -0.1) is 11.3 Å². The van der Waals surface area contributed by atoms with Crippen molar-refractivity contribution in [1.29, 1.82) is 0 Å². The fraction of sp³-hybridized carbons (Fsp3) is 0.235. The van der Waals surface area contributed by atoms with Crippen LogP contribution in [-0.2, 0) is 19.4 Å². The lowest BCUT2D eigenvalue weighted by Gasteiger charge is -2.07. The number of aryl methyl sites for hydroxylation is 2. The lowest BCUT2D eigenvalue weighted by Crippen LogP contribution is -2.04. The molecule has 3 aromatic rings. The van der Waals surface area contributed by atoms with Gasteiger partial charge in [0.25, 0.3) is 0 Å². The molecule has 1 aromatic heterocycles. The van der Waals surface area contributed by atoms with Gasteiger partial charge in [-0.25, -0.2) is 4.98 Å². The van der Waals surface area contributed by atoms with Gasteiger partial charge in [0.2, 0.25) is 0 Å². The third-order valence-corrected chi connectivity index (χ3v) is 4.88. The first-order chi connectivity index (χ1) is 9.86. The van der Waals surface area contributed by atoms with Crippen molar-refractivity contribution in [1.82, 2.24) is 10.3 Å². The molecular formula is C17H16N2S. The molecule has 0 saturated heterocycles. The van der Waals surface area contributed by atoms with Crippen LogP contribution in [0.25, 0.3) is 22.0 Å². The molecule has 0 amide bonds. The standard InChI is InChI=1S/C17H16N2S/c1-18-9-16-19-15(10-20-16)13-8-7-12-6-5-11-3-2-4-14(13)17(11)12/h2-4,7-8,10,18H,5-6,9H2,1H3. The lowest BCUT2D eigenvalue weighted by molar-refractivity contribution is 0.811. The van der Waals surface area contributed by atoms with Crippen LogP contribution in [0.15, 0.2) is 35.7 Å². The quantitative estimate of drug-likeness (QED) is 0.789. The molecule has 0 bridgehead atoms. The summed E-state index contributed by atoms with van der Waals surface area (Å²) in [6, 6.07) is 11.2. The van der Waals surface area contributed by atoms with Crippen molar-refractivity contribution in [3.05, 3.63) is 51.8 Å². The second-order valence-electron chi connectivity index (χ2n) is 5.27. The van der Waals surface area contributed by atoms with E-state index in [1.54, 1.807) is 11.3 Å². The van der Waals surface area contributed by atoms with Crippen molar-refractivity contribution in [2.75, 3.05) is 7.05 Å². The summed E-state index contributed by atoms with van der Waals surface area (Å²) in [5, 5.41) is 9.30. The third-order valence-electron chi connectivity index (χ3n) is 4.03. The smallest absolute Gasteiger partial charge is 0.107 e. The van der Waals surface area contributed by atoms with Crippen molar-refractivity contribution in [3.8, 4) is 11.3 Å². The number of thiazole rings is 1. The predicted octanol–water partition coefficient (Wildman–Crippen LogP) is 3.78. The van der Waals surface area contributed by atoms with Gasteiger partial charge in [-0.2, -0.15) is 0 Å². The van der Waals surface area contributed by atoms with Crippen LogP contribution in [0.5, 0.6) is 0 Å². The normalized spacial score (nSPS) is 13.2. The second-order valence-corrected chi connectivity index (χ2v) is 6.21. The first-order valence-electron chi connectivity index (χ1n) is 6.99. The lowest BCUT2D eigenvalue weighted by atomic mass is 9.98. The second kappa shape index (κ2) is 4.69. The van der Waals surface area contributed by atoms with Crippen LogP contribution < -0.4 is 5.32 Å². The molecule has 1 aliphatic carbocycles. The van der Waals surface area contributed by atoms with Crippen molar-refractivity contribution in [3.63, 3.8) is 0 Å². The molecule has 0 atom stereocenters. The van der Waals surface area contributed by atoms with E-state index in [4.69, 9.17) is 4.98 Å². The number of rotatable bonds is 3. The zero-order valence-electron chi connectivity index (χ0n) is 11.4. The molecule has 4 rings (SSSR count). The van der Waals surface area contributed by atoms with Crippen LogP contribution in [0, 0.1) is 0 Å². The minimum Gasteiger partial charge on any atom is -0.314 e. The van der Waals surface area contributed by atoms with Gasteiger partial charge in [0.05, 0.1) is 5.69 Å². The summed E-state index contributed by atoms with van der Waals surface area (Å²) in [6.45, 7) is 0.839. The summed E-state index contributed by atoms with van der Waals surface area (Å²) in [7, 11) is 1.96. The number of hydrogen-bond acceptors (Lipinski definition) is 3. The minimum atomic E-state index is 0.839. The van der Waals surface area contributed by atoms with Gasteiger partial charge in [-0.1, -0.05) is 30.3 Å². The first-order valence-corrected chi connectivity index (χ1v) is 7.87. The summed E-state index contributed by atoms with van der Waals surface area (Å²) in [5.74, 6) is 0. The van der Waals surface area contributed by atoms with E-state index in [-0.39, 0.29) is 0 Å². The van der Waals surface area contributed by atoms with Crippen LogP contribution in [0.1, 0.15) is 16.1 Å². The van der Waals surface area contributed by atoms with Crippen molar-refractivity contribution in [2.45, 2.75) is 19.4 Å². The van der Waals surface area contributed by atoms with Crippen LogP contribution in [-0.4, -0.2) is 12.0 Å². The summed E-state index contributed by atoms with van der Waals surface area (Å²) in [6.07, 6.45) is 2.36. The molecule has 0 spiro atoms. The molecular weight excluding hydrogens is 264 g/mol. The van der Waals surface area contributed by atoms with Crippen molar-refractivity contribution in [2.24, 2.45) is 0 Å². The van der Waals surface area contributed by atoms with E-state index >= 15 is 0 Å². The Morgan fingerprint density at radius 1 is 1.15 bits per heavy atom. The molecule has 0 aliphatic heterocycles. The van der Waals surface area contributed by atoms with E-state index in [1.807, 2.05) is 7.05 Å². The van der Waals surface area contributed by atoms with Gasteiger partial charge in [-0.3, -0.25) is 0 Å². The average Bonchev–Trinajstić information content (AvgIpc) is 3.09. The highest BCUT2D eigenvalue weighted by molar-refractivity contribution is 7.09. The van der Waals surface area contributed by atoms with Crippen LogP contribution in [0.3, 0.4) is 0 Å². The molecule has 2 aromatic carbocycles. The monoisotopic (exact) mass is 280 g/mol. The molecule has 0 unspecified atom stereocenters. The number of nitrogens with zero attached hydrogens (tertiary/aromatic N) is 1. The first kappa shape index (κ1) is 12.1. The van der Waals surface area contributed by atoms with E-state index in [0.717, 1.165) is 17.2 Å². The molecule has 0 radical (unpaired) electrons. The van der Waals surface area contributed by atoms with Crippen molar-refractivity contribution < 1.29 is 0 Å². The zero-order valence-corrected chi connectivity index (χ0v) is 12.3. The Hall–Kier alpha value is -1.71. The van der Waals surface area contributed by atoms with Crippen LogP contribution >= 0.6 is 11.3 Å². The highest BCUT2D eigenvalue weighted by Gasteiger charge is 2.17. The third kappa shape index (κ3) is 1.78. The Balaban J connectivity index is 1.92. The summed E-state index contributed by atoms with van der Waals surface area (Å²) >= 11 is 1.73. The Kier molecular flexibility index (Phi) is 2.83. The highest BCUT2D eigenvalue weighted by Crippen LogP contribution is 2.37. The number of benzene rings is 2. The number of hydrogen-bond donors (Lipinski definition) is 1. The maximum atomic E-state index is 4.76. The fourth-order valence-corrected chi connectivity index (χ4v) is 3.94. The SMILES string of the molecule is CNCc1nc(-c2ccc3c4c(cccc24)CC3)cs1. The number of nitrogens with one attached hydrogen (secondary N) is 1. The number of aromatic nitrogens is 1. The maximum absolute atomic E-state index is 4.76. The van der Waals surface area contributed by atoms with Gasteiger partial charge >= 0.3 is 0 Å². The molecule has 20 heavy (non-hydrogen) atoms. The maximum Gasteiger partial charge on any atom is 0.107 e. The Labute approximate surface area is 122 Å². The predicted molar refractivity (Wildman–Crippen MR) is 85.2 cm³/mol. The van der Waals surface area contributed by atoms with Gasteiger partial charge in [0, 0.05) is 17.5 Å². The Morgan fingerprint density at radius 2 is 2.00 bits per heavy atom. The van der Waals surface area contributed by atoms with E-state index in [1.165, 1.54) is 40.3 Å². The summed E-state index contributed by atoms with van der Waals surface area (Å²) < 4.78 is 0. The molecule has 1 heterocycles. The largest absolute Gasteiger partial charge is 0.314 e. The van der Waals surface area contributed by atoms with E-state index in [0.29, 0.717) is 0 Å². The molecule has 0 fully saturated rings. The Bertz CT molecular complexity index is 779. The molecule has 1 N–H and O–H groups in total. The van der Waals surface area contributed by atoms with E-state index in [2.05, 4.69) is 41.0 Å². The fourth-order valence-electron chi connectivity index (χ4n) is 3.14. The Morgan fingerprint density at radius 3 is 2.85 bits per heavy atom. The van der Waals surface area contributed by atoms with Gasteiger partial charge in [-0.05, 0) is 41.8 Å². The van der Waals surface area contributed by atoms with E-state index < -0.39 is 0 Å². The topological polar surface area (TPSA) is 24.9 Å². The van der Waals surface area contributed by atoms with Gasteiger partial charge < -0.3 is 5.32 Å². The van der Waals surface area contributed by atoms with Gasteiger partial charge in [0.15, 0.2) is 0 Å². The van der Waals surface area contributed by atoms with Crippen LogP contribution in [0.4, 0.5) is 0 Å². The molecule has 1 aliphatic rings. The van der Waals surface area contributed by atoms with Crippen LogP contribution in [0.2, 0.25) is 0 Å². The van der Waals surface area contributed by atoms with Gasteiger partial charge in [0.1, 0.15) is 5.01 Å². The minimum absolute atomic E-state index is 0.839. The summed E-state index contributed by atoms with van der Waals surface area (Å²) in [5.41, 5.74) is 5.36.